The molecule has 0 spiro atoms. The van der Waals surface area contributed by atoms with Gasteiger partial charge in [-0.3, -0.25) is 4.72 Å². The molecule has 7 heteroatoms. The van der Waals surface area contributed by atoms with E-state index < -0.39 is 10.2 Å². The minimum atomic E-state index is -3.80. The Morgan fingerprint density at radius 1 is 1.27 bits per heavy atom. The standard InChI is InChI=1S/C8H12N2O4S/c1-13-6-3-4-7(8(5-6)14-2)10-15(9,11)12/h3-5,10H,1-2H3,(H2,9,11,12). The van der Waals surface area contributed by atoms with E-state index in [-0.39, 0.29) is 5.69 Å². The van der Waals surface area contributed by atoms with E-state index in [1.807, 2.05) is 0 Å². The third-order valence-corrected chi connectivity index (χ3v) is 2.17. The molecule has 0 fully saturated rings. The lowest BCUT2D eigenvalue weighted by molar-refractivity contribution is 0.395. The number of hydrogen-bond acceptors (Lipinski definition) is 4. The Labute approximate surface area is 88.2 Å². The molecule has 3 N–H and O–H groups in total. The number of nitrogens with one attached hydrogen (secondary N) is 1. The average molecular weight is 232 g/mol. The van der Waals surface area contributed by atoms with Crippen LogP contribution in [0.2, 0.25) is 0 Å². The molecule has 0 bridgehead atoms. The van der Waals surface area contributed by atoms with E-state index in [0.29, 0.717) is 11.5 Å². The third kappa shape index (κ3) is 3.30. The van der Waals surface area contributed by atoms with E-state index in [4.69, 9.17) is 14.6 Å². The van der Waals surface area contributed by atoms with Gasteiger partial charge in [-0.2, -0.15) is 8.42 Å². The predicted molar refractivity (Wildman–Crippen MR) is 56.3 cm³/mol. The Bertz CT molecular complexity index is 444. The van der Waals surface area contributed by atoms with Crippen molar-refractivity contribution in [2.75, 3.05) is 18.9 Å². The second kappa shape index (κ2) is 4.37. The maximum absolute atomic E-state index is 10.8. The van der Waals surface area contributed by atoms with E-state index in [2.05, 4.69) is 4.72 Å². The first-order valence-corrected chi connectivity index (χ1v) is 5.53. The van der Waals surface area contributed by atoms with Crippen molar-refractivity contribution in [2.24, 2.45) is 5.14 Å². The maximum atomic E-state index is 10.8. The smallest absolute Gasteiger partial charge is 0.296 e. The highest BCUT2D eigenvalue weighted by Crippen LogP contribution is 2.29. The summed E-state index contributed by atoms with van der Waals surface area (Å²) in [6.07, 6.45) is 0. The molecule has 1 aromatic rings. The first kappa shape index (κ1) is 11.6. The van der Waals surface area contributed by atoms with Gasteiger partial charge in [-0.05, 0) is 12.1 Å². The van der Waals surface area contributed by atoms with Gasteiger partial charge in [-0.25, -0.2) is 5.14 Å². The van der Waals surface area contributed by atoms with Crippen molar-refractivity contribution < 1.29 is 17.9 Å². The van der Waals surface area contributed by atoms with Gasteiger partial charge in [0.15, 0.2) is 0 Å². The molecular weight excluding hydrogens is 220 g/mol. The largest absolute Gasteiger partial charge is 0.497 e. The molecule has 0 saturated carbocycles. The lowest BCUT2D eigenvalue weighted by Crippen LogP contribution is -2.22. The minimum absolute atomic E-state index is 0.265. The summed E-state index contributed by atoms with van der Waals surface area (Å²) in [6, 6.07) is 4.64. The topological polar surface area (TPSA) is 90.6 Å². The highest BCUT2D eigenvalue weighted by molar-refractivity contribution is 7.90. The van der Waals surface area contributed by atoms with Crippen LogP contribution in [-0.2, 0) is 10.2 Å². The monoisotopic (exact) mass is 232 g/mol. The molecule has 84 valence electrons. The van der Waals surface area contributed by atoms with Gasteiger partial charge in [0.05, 0.1) is 19.9 Å². The molecule has 0 aliphatic carbocycles. The maximum Gasteiger partial charge on any atom is 0.296 e. The van der Waals surface area contributed by atoms with Crippen LogP contribution in [0, 0.1) is 0 Å². The van der Waals surface area contributed by atoms with Crippen molar-refractivity contribution in [1.82, 2.24) is 0 Å². The van der Waals surface area contributed by atoms with Crippen molar-refractivity contribution >= 4 is 15.9 Å². The molecule has 0 atom stereocenters. The van der Waals surface area contributed by atoms with Crippen molar-refractivity contribution in [3.63, 3.8) is 0 Å². The minimum Gasteiger partial charge on any atom is -0.497 e. The van der Waals surface area contributed by atoms with E-state index in [1.54, 1.807) is 12.1 Å². The molecule has 0 unspecified atom stereocenters. The van der Waals surface area contributed by atoms with Crippen molar-refractivity contribution in [3.8, 4) is 11.5 Å². The summed E-state index contributed by atoms with van der Waals surface area (Å²) in [5.41, 5.74) is 0.265. The molecule has 15 heavy (non-hydrogen) atoms. The Morgan fingerprint density at radius 2 is 1.93 bits per heavy atom. The SMILES string of the molecule is COc1ccc(NS(N)(=O)=O)c(OC)c1. The van der Waals surface area contributed by atoms with Gasteiger partial charge in [-0.1, -0.05) is 0 Å². The highest BCUT2D eigenvalue weighted by Gasteiger charge is 2.09. The number of hydrogen-bond donors (Lipinski definition) is 2. The number of rotatable bonds is 4. The normalized spacial score (nSPS) is 10.9. The van der Waals surface area contributed by atoms with Gasteiger partial charge < -0.3 is 9.47 Å². The van der Waals surface area contributed by atoms with Gasteiger partial charge in [0, 0.05) is 6.07 Å². The Hall–Kier alpha value is -1.47. The zero-order chi connectivity index (χ0) is 11.5. The van der Waals surface area contributed by atoms with Gasteiger partial charge in [-0.15, -0.1) is 0 Å². The molecule has 0 amide bonds. The summed E-state index contributed by atoms with van der Waals surface area (Å²) in [5.74, 6) is 0.898. The fourth-order valence-corrected chi connectivity index (χ4v) is 1.51. The van der Waals surface area contributed by atoms with Crippen molar-refractivity contribution in [3.05, 3.63) is 18.2 Å². The molecule has 0 aromatic heterocycles. The lowest BCUT2D eigenvalue weighted by Gasteiger charge is -2.10. The Kier molecular flexibility index (Phi) is 3.38. The summed E-state index contributed by atoms with van der Waals surface area (Å²) < 4.78 is 33.7. The van der Waals surface area contributed by atoms with E-state index in [9.17, 15) is 8.42 Å². The van der Waals surface area contributed by atoms with Gasteiger partial charge in [0.2, 0.25) is 0 Å². The van der Waals surface area contributed by atoms with Gasteiger partial charge >= 0.3 is 0 Å². The summed E-state index contributed by atoms with van der Waals surface area (Å²) in [4.78, 5) is 0. The van der Waals surface area contributed by atoms with Gasteiger partial charge in [0.1, 0.15) is 11.5 Å². The molecule has 6 nitrogen and oxygen atoms in total. The molecular formula is C8H12N2O4S. The number of methoxy groups -OCH3 is 2. The summed E-state index contributed by atoms with van der Waals surface area (Å²) >= 11 is 0. The first-order valence-electron chi connectivity index (χ1n) is 3.99. The molecule has 1 rings (SSSR count). The summed E-state index contributed by atoms with van der Waals surface area (Å²) in [6.45, 7) is 0. The van der Waals surface area contributed by atoms with Crippen LogP contribution in [0.4, 0.5) is 5.69 Å². The predicted octanol–water partition coefficient (Wildman–Crippen LogP) is 0.319. The first-order chi connectivity index (χ1) is 6.96. The summed E-state index contributed by atoms with van der Waals surface area (Å²) in [5, 5.41) is 4.84. The second-order valence-electron chi connectivity index (χ2n) is 2.71. The molecule has 0 aliphatic rings. The summed E-state index contributed by atoms with van der Waals surface area (Å²) in [7, 11) is -0.879. The average Bonchev–Trinajstić information content (AvgIpc) is 2.16. The number of ether oxygens (including phenoxy) is 2. The van der Waals surface area contributed by atoms with Crippen LogP contribution in [0.1, 0.15) is 0 Å². The van der Waals surface area contributed by atoms with Crippen LogP contribution in [0.3, 0.4) is 0 Å². The molecule has 0 saturated heterocycles. The van der Waals surface area contributed by atoms with Crippen LogP contribution >= 0.6 is 0 Å². The highest BCUT2D eigenvalue weighted by atomic mass is 32.2. The second-order valence-corrected chi connectivity index (χ2v) is 4.01. The third-order valence-electron chi connectivity index (χ3n) is 1.66. The van der Waals surface area contributed by atoms with Crippen LogP contribution in [0.5, 0.6) is 11.5 Å². The van der Waals surface area contributed by atoms with Crippen LogP contribution in [-0.4, -0.2) is 22.6 Å². The number of nitrogens with two attached hydrogens (primary N) is 1. The Balaban J connectivity index is 3.08. The number of anilines is 1. The van der Waals surface area contributed by atoms with Crippen molar-refractivity contribution in [1.29, 1.82) is 0 Å². The van der Waals surface area contributed by atoms with Gasteiger partial charge in [0.25, 0.3) is 10.2 Å². The van der Waals surface area contributed by atoms with Crippen LogP contribution < -0.4 is 19.3 Å². The molecule has 0 aliphatic heterocycles. The Morgan fingerprint density at radius 3 is 2.40 bits per heavy atom. The quantitative estimate of drug-likeness (QED) is 0.782. The van der Waals surface area contributed by atoms with Crippen LogP contribution in [0.25, 0.3) is 0 Å². The number of benzene rings is 1. The molecule has 1 aromatic carbocycles. The fraction of sp³-hybridized carbons (Fsp3) is 0.250. The van der Waals surface area contributed by atoms with Crippen molar-refractivity contribution in [2.45, 2.75) is 0 Å². The van der Waals surface area contributed by atoms with Crippen LogP contribution in [0.15, 0.2) is 18.2 Å². The molecule has 0 radical (unpaired) electrons. The van der Waals surface area contributed by atoms with E-state index >= 15 is 0 Å². The lowest BCUT2D eigenvalue weighted by atomic mass is 10.3. The zero-order valence-corrected chi connectivity index (χ0v) is 9.17. The van der Waals surface area contributed by atoms with E-state index in [1.165, 1.54) is 20.3 Å². The van der Waals surface area contributed by atoms with E-state index in [0.717, 1.165) is 0 Å². The fourth-order valence-electron chi connectivity index (χ4n) is 1.04. The molecule has 0 heterocycles. The zero-order valence-electron chi connectivity index (χ0n) is 8.35.